The molecule has 3 rings (SSSR count). The standard InChI is InChI=1S/C21H27N3O4S2/c1-15-4-3-5-16(2)24(15)30(27,28)19-8-6-18(7-9-19)23-20(25)10-12-22-21(26)17-11-13-29-14-17/h6-9,11,13-16H,3-5,10,12H2,1-2H3,(H,22,26)(H,23,25). The minimum atomic E-state index is -3.58. The quantitative estimate of drug-likeness (QED) is 0.677. The number of hydrogen-bond acceptors (Lipinski definition) is 5. The molecule has 9 heteroatoms. The Hall–Kier alpha value is -2.23. The van der Waals surface area contributed by atoms with Crippen LogP contribution in [0.1, 0.15) is 49.9 Å². The van der Waals surface area contributed by atoms with E-state index in [-0.39, 0.29) is 41.8 Å². The van der Waals surface area contributed by atoms with E-state index in [0.717, 1.165) is 19.3 Å². The van der Waals surface area contributed by atoms with Crippen LogP contribution in [-0.2, 0) is 14.8 Å². The van der Waals surface area contributed by atoms with Gasteiger partial charge >= 0.3 is 0 Å². The Balaban J connectivity index is 1.55. The summed E-state index contributed by atoms with van der Waals surface area (Å²) in [5, 5.41) is 8.99. The third-order valence-electron chi connectivity index (χ3n) is 5.25. The molecule has 1 saturated heterocycles. The number of carbonyl (C=O) groups is 2. The predicted molar refractivity (Wildman–Crippen MR) is 118 cm³/mol. The van der Waals surface area contributed by atoms with Crippen LogP contribution in [0.5, 0.6) is 0 Å². The monoisotopic (exact) mass is 449 g/mol. The van der Waals surface area contributed by atoms with Crippen LogP contribution in [0.4, 0.5) is 5.69 Å². The lowest BCUT2D eigenvalue weighted by Gasteiger charge is -2.37. The number of piperidine rings is 1. The normalized spacial score (nSPS) is 19.9. The number of sulfonamides is 1. The maximum atomic E-state index is 13.0. The number of nitrogens with zero attached hydrogens (tertiary/aromatic N) is 1. The minimum Gasteiger partial charge on any atom is -0.351 e. The van der Waals surface area contributed by atoms with Crippen molar-refractivity contribution in [2.24, 2.45) is 0 Å². The minimum absolute atomic E-state index is 0.0255. The Morgan fingerprint density at radius 1 is 1.10 bits per heavy atom. The molecule has 7 nitrogen and oxygen atoms in total. The SMILES string of the molecule is CC1CCCC(C)N1S(=O)(=O)c1ccc(NC(=O)CCNC(=O)c2ccsc2)cc1. The number of benzene rings is 1. The van der Waals surface area contributed by atoms with Gasteiger partial charge in [-0.15, -0.1) is 0 Å². The molecule has 1 aromatic heterocycles. The molecule has 0 aliphatic carbocycles. The molecule has 30 heavy (non-hydrogen) atoms. The van der Waals surface area contributed by atoms with Gasteiger partial charge in [-0.1, -0.05) is 6.42 Å². The van der Waals surface area contributed by atoms with Crippen LogP contribution in [0.15, 0.2) is 46.0 Å². The lowest BCUT2D eigenvalue weighted by molar-refractivity contribution is -0.116. The van der Waals surface area contributed by atoms with Gasteiger partial charge in [0, 0.05) is 41.7 Å². The lowest BCUT2D eigenvalue weighted by atomic mass is 10.0. The van der Waals surface area contributed by atoms with Gasteiger partial charge in [0.2, 0.25) is 15.9 Å². The Morgan fingerprint density at radius 3 is 2.37 bits per heavy atom. The highest BCUT2D eigenvalue weighted by Crippen LogP contribution is 2.29. The summed E-state index contributed by atoms with van der Waals surface area (Å²) in [6.45, 7) is 4.11. The molecule has 162 valence electrons. The zero-order valence-electron chi connectivity index (χ0n) is 17.1. The van der Waals surface area contributed by atoms with E-state index in [1.54, 1.807) is 27.9 Å². The molecule has 2 amide bonds. The van der Waals surface area contributed by atoms with Gasteiger partial charge in [0.15, 0.2) is 0 Å². The van der Waals surface area contributed by atoms with Gasteiger partial charge in [0.1, 0.15) is 0 Å². The van der Waals surface area contributed by atoms with E-state index in [2.05, 4.69) is 10.6 Å². The molecule has 1 aliphatic heterocycles. The van der Waals surface area contributed by atoms with Crippen molar-refractivity contribution in [1.29, 1.82) is 0 Å². The predicted octanol–water partition coefficient (Wildman–Crippen LogP) is 3.46. The molecule has 0 spiro atoms. The summed E-state index contributed by atoms with van der Waals surface area (Å²) in [6, 6.07) is 7.91. The summed E-state index contributed by atoms with van der Waals surface area (Å²) in [6.07, 6.45) is 2.88. The molecule has 2 aromatic rings. The van der Waals surface area contributed by atoms with Crippen LogP contribution in [0.3, 0.4) is 0 Å². The van der Waals surface area contributed by atoms with Crippen LogP contribution in [-0.4, -0.2) is 43.2 Å². The zero-order chi connectivity index (χ0) is 21.7. The first-order valence-electron chi connectivity index (χ1n) is 10.0. The third-order valence-corrected chi connectivity index (χ3v) is 8.07. The summed E-state index contributed by atoms with van der Waals surface area (Å²) in [4.78, 5) is 24.2. The van der Waals surface area contributed by atoms with E-state index >= 15 is 0 Å². The van der Waals surface area contributed by atoms with Gasteiger partial charge in [-0.05, 0) is 62.4 Å². The largest absolute Gasteiger partial charge is 0.351 e. The van der Waals surface area contributed by atoms with Crippen LogP contribution in [0.2, 0.25) is 0 Å². The van der Waals surface area contributed by atoms with Crippen LogP contribution >= 0.6 is 11.3 Å². The summed E-state index contributed by atoms with van der Waals surface area (Å²) in [5.74, 6) is -0.464. The van der Waals surface area contributed by atoms with Gasteiger partial charge in [0.05, 0.1) is 4.90 Å². The van der Waals surface area contributed by atoms with Gasteiger partial charge in [0.25, 0.3) is 5.91 Å². The van der Waals surface area contributed by atoms with Crippen molar-refractivity contribution < 1.29 is 18.0 Å². The van der Waals surface area contributed by atoms with Crippen LogP contribution in [0, 0.1) is 0 Å². The van der Waals surface area contributed by atoms with Gasteiger partial charge in [-0.25, -0.2) is 8.42 Å². The molecular formula is C21H27N3O4S2. The number of anilines is 1. The molecular weight excluding hydrogens is 422 g/mol. The van der Waals surface area contributed by atoms with E-state index in [1.165, 1.54) is 23.5 Å². The van der Waals surface area contributed by atoms with E-state index in [9.17, 15) is 18.0 Å². The highest BCUT2D eigenvalue weighted by Gasteiger charge is 2.35. The molecule has 1 aromatic carbocycles. The van der Waals surface area contributed by atoms with Gasteiger partial charge in [-0.2, -0.15) is 15.6 Å². The highest BCUT2D eigenvalue weighted by atomic mass is 32.2. The summed E-state index contributed by atoms with van der Waals surface area (Å²) >= 11 is 1.44. The van der Waals surface area contributed by atoms with Crippen LogP contribution < -0.4 is 10.6 Å². The zero-order valence-corrected chi connectivity index (χ0v) is 18.8. The van der Waals surface area contributed by atoms with Crippen molar-refractivity contribution in [3.8, 4) is 0 Å². The van der Waals surface area contributed by atoms with E-state index < -0.39 is 10.0 Å². The van der Waals surface area contributed by atoms with E-state index in [4.69, 9.17) is 0 Å². The first-order valence-corrected chi connectivity index (χ1v) is 12.4. The Kier molecular flexibility index (Phi) is 7.27. The second kappa shape index (κ2) is 9.72. The second-order valence-electron chi connectivity index (χ2n) is 7.55. The molecule has 2 N–H and O–H groups in total. The molecule has 1 aliphatic rings. The first kappa shape index (κ1) is 22.5. The molecule has 0 radical (unpaired) electrons. The topological polar surface area (TPSA) is 95.6 Å². The smallest absolute Gasteiger partial charge is 0.252 e. The number of rotatable bonds is 7. The average Bonchev–Trinajstić information content (AvgIpc) is 3.23. The van der Waals surface area contributed by atoms with E-state index in [1.807, 2.05) is 19.2 Å². The number of amides is 2. The fraction of sp³-hybridized carbons (Fsp3) is 0.429. The highest BCUT2D eigenvalue weighted by molar-refractivity contribution is 7.89. The van der Waals surface area contributed by atoms with Crippen molar-refractivity contribution in [2.45, 2.75) is 56.5 Å². The molecule has 2 atom stereocenters. The fourth-order valence-corrected chi connectivity index (χ4v) is 6.23. The fourth-order valence-electron chi connectivity index (χ4n) is 3.71. The van der Waals surface area contributed by atoms with Crippen molar-refractivity contribution in [3.05, 3.63) is 46.7 Å². The van der Waals surface area contributed by atoms with E-state index in [0.29, 0.717) is 11.3 Å². The lowest BCUT2D eigenvalue weighted by Crippen LogP contribution is -2.47. The molecule has 2 heterocycles. The third kappa shape index (κ3) is 5.27. The van der Waals surface area contributed by atoms with Crippen LogP contribution in [0.25, 0.3) is 0 Å². The van der Waals surface area contributed by atoms with Crippen molar-refractivity contribution in [1.82, 2.24) is 9.62 Å². The molecule has 2 unspecified atom stereocenters. The number of nitrogens with one attached hydrogen (secondary N) is 2. The summed E-state index contributed by atoms with van der Waals surface area (Å²) in [7, 11) is -3.58. The molecule has 0 bridgehead atoms. The van der Waals surface area contributed by atoms with Gasteiger partial charge < -0.3 is 10.6 Å². The van der Waals surface area contributed by atoms with Gasteiger partial charge in [-0.3, -0.25) is 9.59 Å². The molecule has 0 saturated carbocycles. The number of hydrogen-bond donors (Lipinski definition) is 2. The van der Waals surface area contributed by atoms with Crippen molar-refractivity contribution in [3.63, 3.8) is 0 Å². The summed E-state index contributed by atoms with van der Waals surface area (Å²) < 4.78 is 27.7. The second-order valence-corrected chi connectivity index (χ2v) is 10.2. The Labute approximate surface area is 181 Å². The van der Waals surface area contributed by atoms with Crippen molar-refractivity contribution in [2.75, 3.05) is 11.9 Å². The maximum absolute atomic E-state index is 13.0. The number of carbonyl (C=O) groups excluding carboxylic acids is 2. The van der Waals surface area contributed by atoms with Crippen molar-refractivity contribution >= 4 is 38.9 Å². The molecule has 1 fully saturated rings. The first-order chi connectivity index (χ1) is 14.3. The number of thiophene rings is 1. The Bertz CT molecular complexity index is 962. The maximum Gasteiger partial charge on any atom is 0.252 e. The summed E-state index contributed by atoms with van der Waals surface area (Å²) in [5.41, 5.74) is 1.09. The Morgan fingerprint density at radius 2 is 1.77 bits per heavy atom. The average molecular weight is 450 g/mol.